The van der Waals surface area contributed by atoms with Crippen LogP contribution in [0.1, 0.15) is 252 Å². The number of carbonyl (C=O) groups excluding carboxylic acids is 2. The van der Waals surface area contributed by atoms with Crippen molar-refractivity contribution in [3.8, 4) is 0 Å². The number of quaternary nitrogens is 1. The number of esters is 1. The number of ether oxygens (including phenoxy) is 1. The molecule has 0 aromatic carbocycles. The molecule has 10 heteroatoms. The highest BCUT2D eigenvalue weighted by Crippen LogP contribution is 2.43. The zero-order valence-electron chi connectivity index (χ0n) is 42.3. The Bertz CT molecular complexity index is 1140. The van der Waals surface area contributed by atoms with Gasteiger partial charge < -0.3 is 19.4 Å². The molecule has 0 aliphatic rings. The number of rotatable bonds is 48. The second-order valence-electron chi connectivity index (χ2n) is 19.4. The minimum absolute atomic E-state index is 0.0404. The highest BCUT2D eigenvalue weighted by atomic mass is 31.2. The summed E-state index contributed by atoms with van der Waals surface area (Å²) in [6.07, 6.45) is 48.8. The van der Waals surface area contributed by atoms with Crippen molar-refractivity contribution in [1.82, 2.24) is 5.32 Å². The molecule has 1 amide bonds. The van der Waals surface area contributed by atoms with Gasteiger partial charge in [-0.1, -0.05) is 206 Å². The lowest BCUT2D eigenvalue weighted by atomic mass is 10.0. The van der Waals surface area contributed by atoms with E-state index in [4.69, 9.17) is 13.8 Å². The summed E-state index contributed by atoms with van der Waals surface area (Å²) >= 11 is 0. The molecule has 0 radical (unpaired) electrons. The molecule has 63 heavy (non-hydrogen) atoms. The summed E-state index contributed by atoms with van der Waals surface area (Å²) in [7, 11) is 1.49. The van der Waals surface area contributed by atoms with E-state index in [-0.39, 0.29) is 25.1 Å². The van der Waals surface area contributed by atoms with Gasteiger partial charge in [-0.05, 0) is 57.4 Å². The van der Waals surface area contributed by atoms with Gasteiger partial charge in [0.05, 0.1) is 33.8 Å². The maximum atomic E-state index is 13.4. The molecule has 0 fully saturated rings. The van der Waals surface area contributed by atoms with Crippen molar-refractivity contribution in [3.05, 3.63) is 24.3 Å². The number of hydrogen-bond acceptors (Lipinski definition) is 6. The minimum Gasteiger partial charge on any atom is -0.456 e. The Hall–Kier alpha value is -1.51. The van der Waals surface area contributed by atoms with Crippen LogP contribution in [0.15, 0.2) is 24.3 Å². The van der Waals surface area contributed by atoms with Crippen LogP contribution < -0.4 is 5.32 Å². The van der Waals surface area contributed by atoms with Crippen molar-refractivity contribution in [2.24, 2.45) is 0 Å². The topological polar surface area (TPSA) is 111 Å². The first-order valence-electron chi connectivity index (χ1n) is 26.7. The lowest BCUT2D eigenvalue weighted by Crippen LogP contribution is -2.47. The summed E-state index contributed by atoms with van der Waals surface area (Å²) in [5.41, 5.74) is 0. The van der Waals surface area contributed by atoms with E-state index in [1.54, 1.807) is 0 Å². The van der Waals surface area contributed by atoms with E-state index < -0.39 is 20.0 Å². The van der Waals surface area contributed by atoms with E-state index in [1.807, 2.05) is 33.3 Å². The lowest BCUT2D eigenvalue weighted by molar-refractivity contribution is -0.870. The predicted molar refractivity (Wildman–Crippen MR) is 268 cm³/mol. The molecule has 0 aromatic rings. The van der Waals surface area contributed by atoms with Crippen LogP contribution in [0, 0.1) is 0 Å². The van der Waals surface area contributed by atoms with E-state index in [1.165, 1.54) is 148 Å². The first-order valence-corrected chi connectivity index (χ1v) is 28.2. The normalized spacial score (nSPS) is 14.1. The van der Waals surface area contributed by atoms with Gasteiger partial charge in [0.2, 0.25) is 5.91 Å². The molecule has 0 spiro atoms. The lowest BCUT2D eigenvalue weighted by Gasteiger charge is -2.27. The van der Waals surface area contributed by atoms with Gasteiger partial charge >= 0.3 is 13.8 Å². The first-order chi connectivity index (χ1) is 30.4. The quantitative estimate of drug-likeness (QED) is 0.0206. The average Bonchev–Trinajstić information content (AvgIpc) is 3.23. The van der Waals surface area contributed by atoms with Crippen LogP contribution in [-0.2, 0) is 27.9 Å². The van der Waals surface area contributed by atoms with Crippen molar-refractivity contribution < 1.29 is 37.3 Å². The highest BCUT2D eigenvalue weighted by Gasteiger charge is 2.30. The second kappa shape index (κ2) is 44.3. The zero-order chi connectivity index (χ0) is 46.5. The van der Waals surface area contributed by atoms with Gasteiger partial charge in [-0.15, -0.1) is 0 Å². The summed E-state index contributed by atoms with van der Waals surface area (Å²) in [6.45, 7) is 6.99. The van der Waals surface area contributed by atoms with Crippen LogP contribution >= 0.6 is 7.82 Å². The van der Waals surface area contributed by atoms with Gasteiger partial charge in [-0.2, -0.15) is 0 Å². The maximum Gasteiger partial charge on any atom is 0.472 e. The first kappa shape index (κ1) is 61.5. The standard InChI is InChI=1S/C53H103N2O7P/c1-7-10-13-16-19-22-25-27-30-33-36-39-42-45-52(56)54-50(49-61-63(58,59)60-48-47-55(4,5)6)51(44-41-38-35-32-29-24-21-18-15-12-9-3)62-53(57)46-43-40-37-34-31-28-26-23-20-17-14-11-8-2/h27,30,41,44,50-51H,7-26,28-29,31-40,42-43,45-49H2,1-6H3,(H-,54,56,58,59)/p+1/b30-27-,44-41+. The van der Waals surface area contributed by atoms with Crippen LogP contribution in [0.25, 0.3) is 0 Å². The molecule has 9 nitrogen and oxygen atoms in total. The molecular weight excluding hydrogens is 808 g/mol. The monoisotopic (exact) mass is 912 g/mol. The van der Waals surface area contributed by atoms with E-state index in [9.17, 15) is 19.0 Å². The van der Waals surface area contributed by atoms with Crippen molar-refractivity contribution in [1.29, 1.82) is 0 Å². The summed E-state index contributed by atoms with van der Waals surface area (Å²) in [4.78, 5) is 37.4. The molecule has 3 atom stereocenters. The number of nitrogens with one attached hydrogen (secondary N) is 1. The van der Waals surface area contributed by atoms with Crippen molar-refractivity contribution >= 4 is 19.7 Å². The van der Waals surface area contributed by atoms with Crippen molar-refractivity contribution in [2.75, 3.05) is 40.9 Å². The molecule has 0 saturated heterocycles. The van der Waals surface area contributed by atoms with Gasteiger partial charge in [0.15, 0.2) is 0 Å². The molecule has 0 heterocycles. The number of hydrogen-bond donors (Lipinski definition) is 2. The largest absolute Gasteiger partial charge is 0.472 e. The zero-order valence-corrected chi connectivity index (χ0v) is 43.2. The summed E-state index contributed by atoms with van der Waals surface area (Å²) in [6, 6.07) is -0.847. The van der Waals surface area contributed by atoms with Gasteiger partial charge in [-0.3, -0.25) is 18.6 Å². The van der Waals surface area contributed by atoms with Gasteiger partial charge in [0.1, 0.15) is 19.3 Å². The highest BCUT2D eigenvalue weighted by molar-refractivity contribution is 7.47. The third-order valence-corrected chi connectivity index (χ3v) is 12.9. The number of allylic oxidation sites excluding steroid dienone is 3. The van der Waals surface area contributed by atoms with E-state index >= 15 is 0 Å². The molecule has 3 unspecified atom stereocenters. The van der Waals surface area contributed by atoms with Crippen molar-refractivity contribution in [2.45, 2.75) is 264 Å². The van der Waals surface area contributed by atoms with E-state index in [0.29, 0.717) is 23.9 Å². The van der Waals surface area contributed by atoms with Gasteiger partial charge in [-0.25, -0.2) is 4.57 Å². The number of nitrogens with zero attached hydrogens (tertiary/aromatic N) is 1. The SMILES string of the molecule is CCCCCCCC/C=C\CCCCCC(=O)NC(COP(=O)(O)OCC[N+](C)(C)C)C(/C=C/CCCCCCCCCCC)OC(=O)CCCCCCCCCCCCCCC. The third kappa shape index (κ3) is 45.4. The summed E-state index contributed by atoms with van der Waals surface area (Å²) in [5.74, 6) is -0.517. The van der Waals surface area contributed by atoms with Crippen LogP contribution in [0.4, 0.5) is 0 Å². The van der Waals surface area contributed by atoms with Gasteiger partial charge in [0.25, 0.3) is 0 Å². The van der Waals surface area contributed by atoms with E-state index in [0.717, 1.165) is 70.6 Å². The second-order valence-corrected chi connectivity index (χ2v) is 20.9. The molecule has 2 N–H and O–H groups in total. The number of unbranched alkanes of at least 4 members (excludes halogenated alkanes) is 30. The molecule has 0 aliphatic heterocycles. The third-order valence-electron chi connectivity index (χ3n) is 11.9. The summed E-state index contributed by atoms with van der Waals surface area (Å²) < 4.78 is 30.5. The van der Waals surface area contributed by atoms with Crippen LogP contribution in [-0.4, -0.2) is 74.3 Å². The summed E-state index contributed by atoms with van der Waals surface area (Å²) in [5, 5.41) is 3.03. The number of phosphoric acid groups is 1. The van der Waals surface area contributed by atoms with Crippen LogP contribution in [0.3, 0.4) is 0 Å². The Morgan fingerprint density at radius 2 is 0.921 bits per heavy atom. The fourth-order valence-electron chi connectivity index (χ4n) is 7.70. The molecular formula is C53H104N2O7P+. The van der Waals surface area contributed by atoms with Crippen LogP contribution in [0.2, 0.25) is 0 Å². The van der Waals surface area contributed by atoms with E-state index in [2.05, 4.69) is 38.2 Å². The Balaban J connectivity index is 5.41. The molecule has 0 rings (SSSR count). The molecule has 0 aliphatic carbocycles. The Morgan fingerprint density at radius 1 is 0.540 bits per heavy atom. The number of phosphoric ester groups is 1. The Morgan fingerprint density at radius 3 is 1.37 bits per heavy atom. The van der Waals surface area contributed by atoms with Crippen LogP contribution in [0.5, 0.6) is 0 Å². The predicted octanol–water partition coefficient (Wildman–Crippen LogP) is 15.4. The molecule has 0 saturated carbocycles. The fourth-order valence-corrected chi connectivity index (χ4v) is 8.43. The minimum atomic E-state index is -4.43. The molecule has 372 valence electrons. The maximum absolute atomic E-state index is 13.4. The number of carbonyl (C=O) groups is 2. The molecule has 0 aromatic heterocycles. The smallest absolute Gasteiger partial charge is 0.456 e. The number of likely N-dealkylation sites (N-methyl/N-ethyl adjacent to an activating group) is 1. The van der Waals surface area contributed by atoms with Crippen molar-refractivity contribution in [3.63, 3.8) is 0 Å². The average molecular weight is 912 g/mol. The fraction of sp³-hybridized carbons (Fsp3) is 0.887. The van der Waals surface area contributed by atoms with Gasteiger partial charge in [0, 0.05) is 12.8 Å². The Labute approximate surface area is 390 Å². The Kier molecular flexibility index (Phi) is 43.3. The molecule has 0 bridgehead atoms. The number of amides is 1.